The molecular weight excluding hydrogens is 651 g/mol. The second kappa shape index (κ2) is 14.3. The van der Waals surface area contributed by atoms with Gasteiger partial charge in [-0.25, -0.2) is 55.8 Å². The molecule has 252 valence electrons. The fraction of sp³-hybridized carbons (Fsp3) is 0.692. The van der Waals surface area contributed by atoms with E-state index in [0.29, 0.717) is 0 Å². The van der Waals surface area contributed by atoms with Crippen LogP contribution in [0.3, 0.4) is 0 Å². The summed E-state index contributed by atoms with van der Waals surface area (Å²) >= 11 is 0. The van der Waals surface area contributed by atoms with E-state index in [4.69, 9.17) is 19.1 Å². The molecule has 2 aromatic heterocycles. The summed E-state index contributed by atoms with van der Waals surface area (Å²) in [6.07, 6.45) is 2.08. The van der Waals surface area contributed by atoms with E-state index in [1.807, 2.05) is 67.7 Å². The molecule has 0 saturated heterocycles. The van der Waals surface area contributed by atoms with Crippen molar-refractivity contribution in [2.24, 2.45) is 10.3 Å². The third kappa shape index (κ3) is 11.2. The SMILES string of the molecule is C[C@@H]([C@H](O[Si](C)(C)C(C)(C)C)c1ncc(F)cn1)S(N)(=O)=O.C[C@H]([C@@H](O[Si](C)(C)C(C)(C)C)c1ncc(F)cn1)S(N)(=O)=O. The van der Waals surface area contributed by atoms with Gasteiger partial charge in [0.2, 0.25) is 20.0 Å². The molecule has 0 fully saturated rings. The van der Waals surface area contributed by atoms with Crippen LogP contribution in [0.15, 0.2) is 24.8 Å². The number of nitrogens with two attached hydrogens (primary N) is 2. The fourth-order valence-electron chi connectivity index (χ4n) is 2.99. The van der Waals surface area contributed by atoms with Crippen molar-refractivity contribution in [3.63, 3.8) is 0 Å². The Balaban J connectivity index is 0.000000440. The van der Waals surface area contributed by atoms with Gasteiger partial charge in [-0.2, -0.15) is 0 Å². The molecule has 0 aromatic carbocycles. The topological polar surface area (TPSA) is 190 Å². The Morgan fingerprint density at radius 1 is 0.636 bits per heavy atom. The van der Waals surface area contributed by atoms with E-state index in [2.05, 4.69) is 19.9 Å². The zero-order valence-electron chi connectivity index (χ0n) is 27.6. The summed E-state index contributed by atoms with van der Waals surface area (Å²) in [6, 6.07) is 0. The van der Waals surface area contributed by atoms with Gasteiger partial charge in [-0.15, -0.1) is 0 Å². The van der Waals surface area contributed by atoms with Crippen LogP contribution in [-0.4, -0.2) is 63.9 Å². The van der Waals surface area contributed by atoms with Gasteiger partial charge in [-0.3, -0.25) is 0 Å². The Kier molecular flexibility index (Phi) is 13.1. The van der Waals surface area contributed by atoms with Gasteiger partial charge < -0.3 is 8.85 Å². The van der Waals surface area contributed by atoms with E-state index in [-0.39, 0.29) is 21.7 Å². The molecule has 0 bridgehead atoms. The minimum atomic E-state index is -3.85. The summed E-state index contributed by atoms with van der Waals surface area (Å²) in [5.74, 6) is -0.961. The highest BCUT2D eigenvalue weighted by molar-refractivity contribution is 7.90. The number of aromatic nitrogens is 4. The zero-order valence-corrected chi connectivity index (χ0v) is 31.2. The second-order valence-corrected chi connectivity index (χ2v) is 27.1. The maximum absolute atomic E-state index is 13.0. The Morgan fingerprint density at radius 3 is 1.05 bits per heavy atom. The molecule has 44 heavy (non-hydrogen) atoms. The number of hydrogen-bond acceptors (Lipinski definition) is 10. The molecule has 2 heterocycles. The van der Waals surface area contributed by atoms with E-state index in [9.17, 15) is 25.6 Å². The van der Waals surface area contributed by atoms with Crippen molar-refractivity contribution in [2.75, 3.05) is 0 Å². The Morgan fingerprint density at radius 2 is 0.864 bits per heavy atom. The predicted molar refractivity (Wildman–Crippen MR) is 171 cm³/mol. The van der Waals surface area contributed by atoms with E-state index in [1.165, 1.54) is 13.8 Å². The minimum absolute atomic E-state index is 0.118. The molecule has 2 rings (SSSR count). The third-order valence-corrected chi connectivity index (χ3v) is 19.6. The van der Waals surface area contributed by atoms with Crippen molar-refractivity contribution in [1.29, 1.82) is 0 Å². The minimum Gasteiger partial charge on any atom is -0.405 e. The van der Waals surface area contributed by atoms with Crippen LogP contribution in [0.5, 0.6) is 0 Å². The van der Waals surface area contributed by atoms with Crippen LogP contribution in [0.25, 0.3) is 0 Å². The maximum Gasteiger partial charge on any atom is 0.214 e. The summed E-state index contributed by atoms with van der Waals surface area (Å²) in [5.41, 5.74) is 0. The lowest BCUT2D eigenvalue weighted by Crippen LogP contribution is -2.46. The summed E-state index contributed by atoms with van der Waals surface area (Å²) in [7, 11) is -12.3. The highest BCUT2D eigenvalue weighted by Gasteiger charge is 2.44. The summed E-state index contributed by atoms with van der Waals surface area (Å²) in [6.45, 7) is 23.0. The van der Waals surface area contributed by atoms with Crippen molar-refractivity contribution >= 4 is 36.7 Å². The van der Waals surface area contributed by atoms with Gasteiger partial charge in [0.1, 0.15) is 22.7 Å². The molecule has 0 aliphatic heterocycles. The van der Waals surface area contributed by atoms with Crippen molar-refractivity contribution in [1.82, 2.24) is 19.9 Å². The Hall–Kier alpha value is -1.81. The Bertz CT molecular complexity index is 1340. The van der Waals surface area contributed by atoms with E-state index in [1.54, 1.807) is 0 Å². The van der Waals surface area contributed by atoms with Crippen LogP contribution in [0.1, 0.15) is 79.2 Å². The number of halogens is 2. The van der Waals surface area contributed by atoms with Crippen molar-refractivity contribution in [3.8, 4) is 0 Å². The molecule has 0 aliphatic rings. The van der Waals surface area contributed by atoms with E-state index < -0.39 is 71.0 Å². The van der Waals surface area contributed by atoms with Crippen molar-refractivity contribution in [3.05, 3.63) is 48.1 Å². The highest BCUT2D eigenvalue weighted by atomic mass is 32.2. The van der Waals surface area contributed by atoms with Gasteiger partial charge in [0, 0.05) is 0 Å². The smallest absolute Gasteiger partial charge is 0.214 e. The van der Waals surface area contributed by atoms with Crippen LogP contribution >= 0.6 is 0 Å². The summed E-state index contributed by atoms with van der Waals surface area (Å²) in [5, 5.41) is 8.16. The first kappa shape index (κ1) is 40.2. The molecule has 0 amide bonds. The first-order valence-electron chi connectivity index (χ1n) is 13.8. The number of sulfonamides is 2. The highest BCUT2D eigenvalue weighted by Crippen LogP contribution is 2.41. The number of hydrogen-bond donors (Lipinski definition) is 2. The Labute approximate surface area is 263 Å². The molecule has 2 aromatic rings. The van der Waals surface area contributed by atoms with Crippen LogP contribution in [0.4, 0.5) is 8.78 Å². The van der Waals surface area contributed by atoms with Crippen molar-refractivity contribution in [2.45, 2.75) is 114 Å². The molecule has 12 nitrogen and oxygen atoms in total. The monoisotopic (exact) mass is 698 g/mol. The van der Waals surface area contributed by atoms with Crippen LogP contribution in [-0.2, 0) is 28.9 Å². The molecule has 0 unspecified atom stereocenters. The van der Waals surface area contributed by atoms with E-state index >= 15 is 0 Å². The number of rotatable bonds is 10. The zero-order chi connectivity index (χ0) is 34.7. The predicted octanol–water partition coefficient (Wildman–Crippen LogP) is 4.71. The maximum atomic E-state index is 13.0. The molecule has 18 heteroatoms. The van der Waals surface area contributed by atoms with Crippen molar-refractivity contribution < 1.29 is 34.5 Å². The molecule has 4 atom stereocenters. The third-order valence-electron chi connectivity index (χ3n) is 8.13. The van der Waals surface area contributed by atoms with Gasteiger partial charge >= 0.3 is 0 Å². The standard InChI is InChI=1S/2C13H24FN3O3SSi/c2*1-9(21(15,18)19)11(12-16-7-10(14)8-17-12)20-22(5,6)13(2,3)4/h2*7-9,11H,1-6H3,(H2,15,18,19)/t2*9-,11-/m10/s1. The first-order chi connectivity index (χ1) is 19.5. The van der Waals surface area contributed by atoms with Crippen LogP contribution in [0, 0.1) is 11.6 Å². The molecular formula is C26H48F2N6O6S2Si2. The first-order valence-corrected chi connectivity index (χ1v) is 22.9. The molecule has 0 saturated carbocycles. The average molecular weight is 699 g/mol. The lowest BCUT2D eigenvalue weighted by Gasteiger charge is -2.39. The van der Waals surface area contributed by atoms with Gasteiger partial charge in [-0.1, -0.05) is 41.5 Å². The van der Waals surface area contributed by atoms with Gasteiger partial charge in [0.15, 0.2) is 39.9 Å². The molecule has 0 aliphatic carbocycles. The lowest BCUT2D eigenvalue weighted by atomic mass is 10.2. The normalized spacial score (nSPS) is 16.4. The average Bonchev–Trinajstić information content (AvgIpc) is 2.84. The molecule has 0 spiro atoms. The van der Waals surface area contributed by atoms with E-state index in [0.717, 1.165) is 24.8 Å². The van der Waals surface area contributed by atoms with Gasteiger partial charge in [0.05, 0.1) is 24.8 Å². The van der Waals surface area contributed by atoms with Crippen LogP contribution in [0.2, 0.25) is 36.3 Å². The second-order valence-electron chi connectivity index (χ2n) is 13.7. The summed E-state index contributed by atoms with van der Waals surface area (Å²) in [4.78, 5) is 15.5. The quantitative estimate of drug-likeness (QED) is 0.329. The number of nitrogens with zero attached hydrogens (tertiary/aromatic N) is 4. The van der Waals surface area contributed by atoms with Gasteiger partial charge in [0.25, 0.3) is 0 Å². The number of primary sulfonamides is 2. The largest absolute Gasteiger partial charge is 0.405 e. The summed E-state index contributed by atoms with van der Waals surface area (Å²) < 4.78 is 85.3. The fourth-order valence-corrected chi connectivity index (χ4v) is 6.82. The van der Waals surface area contributed by atoms with Crippen LogP contribution < -0.4 is 10.3 Å². The van der Waals surface area contributed by atoms with Gasteiger partial charge in [-0.05, 0) is 50.1 Å². The molecule has 0 radical (unpaired) electrons. The molecule has 4 N–H and O–H groups in total. The lowest BCUT2D eigenvalue weighted by molar-refractivity contribution is 0.171.